The summed E-state index contributed by atoms with van der Waals surface area (Å²) in [5.74, 6) is 2.22. The molecule has 0 aromatic heterocycles. The lowest BCUT2D eigenvalue weighted by molar-refractivity contribution is 0.471. The second-order valence-corrected chi connectivity index (χ2v) is 8.19. The molecule has 0 aliphatic carbocycles. The zero-order chi connectivity index (χ0) is 20.7. The van der Waals surface area contributed by atoms with Crippen LogP contribution < -0.4 is 20.5 Å². The summed E-state index contributed by atoms with van der Waals surface area (Å²) in [7, 11) is 0. The molecule has 2 nitrogen and oxygen atoms in total. The molecule has 1 aliphatic rings. The average Bonchev–Trinajstić information content (AvgIpc) is 2.69. The summed E-state index contributed by atoms with van der Waals surface area (Å²) < 4.78 is 6.41. The van der Waals surface area contributed by atoms with Crippen LogP contribution in [0.1, 0.15) is 54.5 Å². The van der Waals surface area contributed by atoms with E-state index >= 15 is 0 Å². The van der Waals surface area contributed by atoms with E-state index in [-0.39, 0.29) is 0 Å². The van der Waals surface area contributed by atoms with Gasteiger partial charge in [-0.2, -0.15) is 0 Å². The molecular formula is C27H29NO. The van der Waals surface area contributed by atoms with Gasteiger partial charge in [0.15, 0.2) is 0 Å². The van der Waals surface area contributed by atoms with Crippen LogP contribution >= 0.6 is 0 Å². The molecule has 3 aromatic carbocycles. The number of fused-ring (bicyclic) bond motifs is 2. The second-order valence-electron chi connectivity index (χ2n) is 8.19. The predicted octanol–water partition coefficient (Wildman–Crippen LogP) is 5.62. The fourth-order valence-electron chi connectivity index (χ4n) is 4.14. The van der Waals surface area contributed by atoms with Crippen molar-refractivity contribution in [3.63, 3.8) is 0 Å². The van der Waals surface area contributed by atoms with Gasteiger partial charge in [-0.3, -0.25) is 0 Å². The van der Waals surface area contributed by atoms with Gasteiger partial charge in [0.2, 0.25) is 0 Å². The highest BCUT2D eigenvalue weighted by Gasteiger charge is 2.24. The zero-order valence-electron chi connectivity index (χ0n) is 18.0. The van der Waals surface area contributed by atoms with Crippen molar-refractivity contribution >= 4 is 17.8 Å². The minimum absolute atomic E-state index is 0.434. The topological polar surface area (TPSA) is 21.3 Å². The van der Waals surface area contributed by atoms with E-state index in [9.17, 15) is 0 Å². The van der Waals surface area contributed by atoms with Gasteiger partial charge < -0.3 is 10.1 Å². The van der Waals surface area contributed by atoms with Crippen molar-refractivity contribution in [2.45, 2.75) is 40.5 Å². The van der Waals surface area contributed by atoms with E-state index in [0.717, 1.165) is 39.7 Å². The number of nitrogens with one attached hydrogen (secondary N) is 1. The van der Waals surface area contributed by atoms with Gasteiger partial charge >= 0.3 is 0 Å². The fourth-order valence-corrected chi connectivity index (χ4v) is 4.14. The van der Waals surface area contributed by atoms with Crippen molar-refractivity contribution in [1.29, 1.82) is 0 Å². The van der Waals surface area contributed by atoms with Crippen molar-refractivity contribution in [1.82, 2.24) is 0 Å². The maximum atomic E-state index is 6.41. The van der Waals surface area contributed by atoms with Gasteiger partial charge in [0.1, 0.15) is 11.5 Å². The van der Waals surface area contributed by atoms with Crippen LogP contribution in [-0.4, -0.2) is 6.54 Å². The van der Waals surface area contributed by atoms with Gasteiger partial charge in [0.05, 0.1) is 0 Å². The smallest absolute Gasteiger partial charge is 0.137 e. The van der Waals surface area contributed by atoms with E-state index in [1.54, 1.807) is 0 Å². The Morgan fingerprint density at radius 1 is 0.931 bits per heavy atom. The Labute approximate surface area is 173 Å². The minimum Gasteiger partial charge on any atom is -0.456 e. The molecule has 0 saturated carbocycles. The third-order valence-corrected chi connectivity index (χ3v) is 5.74. The van der Waals surface area contributed by atoms with E-state index in [1.807, 2.05) is 0 Å². The number of hydrogen-bond donors (Lipinski definition) is 1. The Bertz CT molecular complexity index is 1200. The van der Waals surface area contributed by atoms with Crippen LogP contribution in [-0.2, 0) is 0 Å². The normalized spacial score (nSPS) is 12.4. The first kappa shape index (κ1) is 19.3. The Hall–Kier alpha value is -3.00. The molecule has 3 aromatic rings. The Morgan fingerprint density at radius 3 is 2.41 bits per heavy atom. The first-order valence-electron chi connectivity index (χ1n) is 10.4. The lowest BCUT2D eigenvalue weighted by Gasteiger charge is -2.25. The van der Waals surface area contributed by atoms with Crippen molar-refractivity contribution < 1.29 is 4.74 Å². The summed E-state index contributed by atoms with van der Waals surface area (Å²) in [4.78, 5) is 0. The lowest BCUT2D eigenvalue weighted by atomic mass is 9.85. The molecule has 0 atom stereocenters. The molecule has 0 spiro atoms. The van der Waals surface area contributed by atoms with Crippen LogP contribution in [0.4, 0.5) is 5.69 Å². The molecule has 0 fully saturated rings. The Balaban J connectivity index is 2.12. The summed E-state index contributed by atoms with van der Waals surface area (Å²) >= 11 is 0. The molecule has 0 unspecified atom stereocenters. The number of rotatable bonds is 4. The molecule has 29 heavy (non-hydrogen) atoms. The van der Waals surface area contributed by atoms with Crippen LogP contribution in [0, 0.1) is 13.8 Å². The molecule has 0 saturated heterocycles. The van der Waals surface area contributed by atoms with Crippen molar-refractivity contribution in [3.8, 4) is 11.5 Å². The van der Waals surface area contributed by atoms with Gasteiger partial charge in [-0.25, -0.2) is 0 Å². The van der Waals surface area contributed by atoms with E-state index in [4.69, 9.17) is 4.74 Å². The van der Waals surface area contributed by atoms with Crippen LogP contribution in [0.2, 0.25) is 0 Å². The number of benzene rings is 3. The van der Waals surface area contributed by atoms with Crippen molar-refractivity contribution in [3.05, 3.63) is 86.8 Å². The van der Waals surface area contributed by atoms with E-state index in [1.165, 1.54) is 27.8 Å². The number of ether oxygens (including phenoxy) is 1. The van der Waals surface area contributed by atoms with Gasteiger partial charge in [-0.1, -0.05) is 44.7 Å². The molecule has 0 bridgehead atoms. The van der Waals surface area contributed by atoms with E-state index < -0.39 is 0 Å². The molecule has 1 heterocycles. The molecule has 148 valence electrons. The van der Waals surface area contributed by atoms with Crippen LogP contribution in [0.25, 0.3) is 12.2 Å². The van der Waals surface area contributed by atoms with Gasteiger partial charge in [-0.05, 0) is 72.4 Å². The standard InChI is InChI=1S/C27H29NO/c1-7-28-24-15-26-23(13-19(24)6)27(21-11-9-8-10-20(21)16(2)3)22-12-17(4)18(5)14-25(22)29-26/h8-16,28H,5,7H2,1-4,6H3. The molecule has 2 heteroatoms. The van der Waals surface area contributed by atoms with E-state index in [0.29, 0.717) is 5.92 Å². The summed E-state index contributed by atoms with van der Waals surface area (Å²) in [6.07, 6.45) is 0. The molecule has 4 rings (SSSR count). The van der Waals surface area contributed by atoms with Crippen LogP contribution in [0.15, 0.2) is 48.5 Å². The summed E-state index contributed by atoms with van der Waals surface area (Å²) in [5, 5.41) is 5.60. The van der Waals surface area contributed by atoms with Crippen molar-refractivity contribution in [2.24, 2.45) is 0 Å². The quantitative estimate of drug-likeness (QED) is 0.494. The number of aryl methyl sites for hydroxylation is 2. The highest BCUT2D eigenvalue weighted by molar-refractivity contribution is 5.88. The number of anilines is 1. The lowest BCUT2D eigenvalue weighted by Crippen LogP contribution is -2.22. The monoisotopic (exact) mass is 383 g/mol. The largest absolute Gasteiger partial charge is 0.456 e. The predicted molar refractivity (Wildman–Crippen MR) is 124 cm³/mol. The van der Waals surface area contributed by atoms with Crippen molar-refractivity contribution in [2.75, 3.05) is 11.9 Å². The first-order valence-corrected chi connectivity index (χ1v) is 10.4. The SMILES string of the molecule is C=c1cc2c(cc1C)=C(c1ccccc1C(C)C)c1cc(C)c(NCC)cc1O2. The third kappa shape index (κ3) is 3.33. The summed E-state index contributed by atoms with van der Waals surface area (Å²) in [6, 6.07) is 17.4. The molecule has 1 aliphatic heterocycles. The fraction of sp³-hybridized carbons (Fsp3) is 0.259. The summed E-state index contributed by atoms with van der Waals surface area (Å²) in [6.45, 7) is 16.0. The Kier molecular flexibility index (Phi) is 4.96. The third-order valence-electron chi connectivity index (χ3n) is 5.74. The minimum atomic E-state index is 0.434. The Morgan fingerprint density at radius 2 is 1.69 bits per heavy atom. The second kappa shape index (κ2) is 7.44. The van der Waals surface area contributed by atoms with Crippen LogP contribution in [0.3, 0.4) is 0 Å². The summed E-state index contributed by atoms with van der Waals surface area (Å²) in [5.41, 5.74) is 8.55. The highest BCUT2D eigenvalue weighted by Crippen LogP contribution is 2.40. The molecule has 0 amide bonds. The van der Waals surface area contributed by atoms with E-state index in [2.05, 4.69) is 95.0 Å². The molecule has 0 radical (unpaired) electrons. The highest BCUT2D eigenvalue weighted by atomic mass is 16.5. The van der Waals surface area contributed by atoms with Gasteiger partial charge in [-0.15, -0.1) is 0 Å². The molecular weight excluding hydrogens is 354 g/mol. The van der Waals surface area contributed by atoms with Gasteiger partial charge in [0, 0.05) is 34.7 Å². The zero-order valence-corrected chi connectivity index (χ0v) is 18.0. The van der Waals surface area contributed by atoms with Crippen LogP contribution in [0.5, 0.6) is 11.5 Å². The molecule has 1 N–H and O–H groups in total. The average molecular weight is 384 g/mol. The first-order chi connectivity index (χ1) is 13.9. The number of hydrogen-bond acceptors (Lipinski definition) is 2. The van der Waals surface area contributed by atoms with Gasteiger partial charge in [0.25, 0.3) is 0 Å². The maximum Gasteiger partial charge on any atom is 0.137 e. The maximum absolute atomic E-state index is 6.41.